The second-order valence-electron chi connectivity index (χ2n) is 4.23. The highest BCUT2D eigenvalue weighted by Crippen LogP contribution is 2.31. The SMILES string of the molecule is Nc1ccccc1C(=O)Nc1ccc(C(F)(F)F)cc1F. The summed E-state index contributed by atoms with van der Waals surface area (Å²) in [5.41, 5.74) is 4.40. The lowest BCUT2D eigenvalue weighted by Crippen LogP contribution is -2.15. The minimum absolute atomic E-state index is 0.108. The predicted molar refractivity (Wildman–Crippen MR) is 70.2 cm³/mol. The molecule has 0 saturated heterocycles. The first kappa shape index (κ1) is 14.8. The molecule has 0 aliphatic heterocycles. The van der Waals surface area contributed by atoms with E-state index >= 15 is 0 Å². The van der Waals surface area contributed by atoms with Crippen LogP contribution in [0.1, 0.15) is 15.9 Å². The number of carbonyl (C=O) groups excluding carboxylic acids is 1. The van der Waals surface area contributed by atoms with Crippen molar-refractivity contribution in [3.63, 3.8) is 0 Å². The molecule has 0 aliphatic rings. The number of nitrogens with one attached hydrogen (secondary N) is 1. The first-order chi connectivity index (χ1) is 9.79. The average molecular weight is 298 g/mol. The number of nitrogens with two attached hydrogens (primary N) is 1. The smallest absolute Gasteiger partial charge is 0.398 e. The van der Waals surface area contributed by atoms with Crippen LogP contribution < -0.4 is 11.1 Å². The Morgan fingerprint density at radius 3 is 2.33 bits per heavy atom. The Balaban J connectivity index is 2.25. The topological polar surface area (TPSA) is 55.1 Å². The molecule has 0 heterocycles. The highest BCUT2D eigenvalue weighted by Gasteiger charge is 2.31. The van der Waals surface area contributed by atoms with E-state index in [2.05, 4.69) is 5.32 Å². The number of halogens is 4. The van der Waals surface area contributed by atoms with Crippen LogP contribution in [0.15, 0.2) is 42.5 Å². The van der Waals surface area contributed by atoms with Gasteiger partial charge in [0, 0.05) is 5.69 Å². The number of anilines is 2. The molecule has 0 aromatic heterocycles. The Labute approximate surface area is 117 Å². The standard InChI is InChI=1S/C14H10F4N2O/c15-10-7-8(14(16,17)18)5-6-12(10)20-13(21)9-3-1-2-4-11(9)19/h1-7H,19H2,(H,20,21). The van der Waals surface area contributed by atoms with Crippen molar-refractivity contribution in [2.75, 3.05) is 11.1 Å². The number of rotatable bonds is 2. The summed E-state index contributed by atoms with van der Waals surface area (Å²) in [6, 6.07) is 7.95. The summed E-state index contributed by atoms with van der Waals surface area (Å²) in [5.74, 6) is -1.88. The summed E-state index contributed by atoms with van der Waals surface area (Å²) in [6.45, 7) is 0. The fraction of sp³-hybridized carbons (Fsp3) is 0.0714. The Hall–Kier alpha value is -2.57. The molecule has 0 atom stereocenters. The van der Waals surface area contributed by atoms with Crippen LogP contribution in [0.5, 0.6) is 0 Å². The molecule has 0 spiro atoms. The molecular formula is C14H10F4N2O. The predicted octanol–water partition coefficient (Wildman–Crippen LogP) is 3.68. The van der Waals surface area contributed by atoms with Gasteiger partial charge in [-0.25, -0.2) is 4.39 Å². The largest absolute Gasteiger partial charge is 0.416 e. The lowest BCUT2D eigenvalue weighted by Gasteiger charge is -2.11. The van der Waals surface area contributed by atoms with Gasteiger partial charge in [0.1, 0.15) is 5.82 Å². The Bertz CT molecular complexity index is 683. The van der Waals surface area contributed by atoms with Crippen LogP contribution >= 0.6 is 0 Å². The third-order valence-electron chi connectivity index (χ3n) is 2.75. The third-order valence-corrected chi connectivity index (χ3v) is 2.75. The first-order valence-electron chi connectivity index (χ1n) is 5.81. The molecule has 0 unspecified atom stereocenters. The summed E-state index contributed by atoms with van der Waals surface area (Å²) >= 11 is 0. The van der Waals surface area contributed by atoms with Crippen LogP contribution in [0.2, 0.25) is 0 Å². The minimum atomic E-state index is -4.65. The van der Waals surface area contributed by atoms with E-state index < -0.39 is 23.5 Å². The highest BCUT2D eigenvalue weighted by molar-refractivity contribution is 6.07. The van der Waals surface area contributed by atoms with Crippen LogP contribution in [-0.2, 0) is 6.18 Å². The van der Waals surface area contributed by atoms with Gasteiger partial charge in [-0.3, -0.25) is 4.79 Å². The molecule has 0 bridgehead atoms. The quantitative estimate of drug-likeness (QED) is 0.656. The van der Waals surface area contributed by atoms with E-state index in [0.29, 0.717) is 12.1 Å². The first-order valence-corrected chi connectivity index (χ1v) is 5.81. The maximum Gasteiger partial charge on any atom is 0.416 e. The van der Waals surface area contributed by atoms with Crippen molar-refractivity contribution in [1.29, 1.82) is 0 Å². The van der Waals surface area contributed by atoms with Gasteiger partial charge < -0.3 is 11.1 Å². The van der Waals surface area contributed by atoms with Crippen molar-refractivity contribution in [3.05, 3.63) is 59.4 Å². The zero-order valence-corrected chi connectivity index (χ0v) is 10.5. The van der Waals surface area contributed by atoms with E-state index in [1.807, 2.05) is 0 Å². The summed E-state index contributed by atoms with van der Waals surface area (Å²) in [7, 11) is 0. The molecular weight excluding hydrogens is 288 g/mol. The maximum atomic E-state index is 13.6. The number of hydrogen-bond donors (Lipinski definition) is 2. The molecule has 2 aromatic rings. The van der Waals surface area contributed by atoms with Crippen molar-refractivity contribution in [1.82, 2.24) is 0 Å². The molecule has 0 saturated carbocycles. The summed E-state index contributed by atoms with van der Waals surface area (Å²) < 4.78 is 50.8. The summed E-state index contributed by atoms with van der Waals surface area (Å²) in [6.07, 6.45) is -4.65. The van der Waals surface area contributed by atoms with Gasteiger partial charge in [-0.2, -0.15) is 13.2 Å². The van der Waals surface area contributed by atoms with E-state index in [0.717, 1.165) is 6.07 Å². The minimum Gasteiger partial charge on any atom is -0.398 e. The average Bonchev–Trinajstić information content (AvgIpc) is 2.40. The molecule has 2 rings (SSSR count). The number of amides is 1. The number of alkyl halides is 3. The molecule has 110 valence electrons. The molecule has 3 nitrogen and oxygen atoms in total. The van der Waals surface area contributed by atoms with Gasteiger partial charge in [-0.1, -0.05) is 12.1 Å². The van der Waals surface area contributed by atoms with Crippen molar-refractivity contribution in [2.45, 2.75) is 6.18 Å². The number of benzene rings is 2. The maximum absolute atomic E-state index is 13.6. The summed E-state index contributed by atoms with van der Waals surface area (Å²) in [4.78, 5) is 11.9. The van der Waals surface area contributed by atoms with Gasteiger partial charge in [-0.15, -0.1) is 0 Å². The lowest BCUT2D eigenvalue weighted by atomic mass is 10.1. The van der Waals surface area contributed by atoms with E-state index in [1.165, 1.54) is 12.1 Å². The second-order valence-corrected chi connectivity index (χ2v) is 4.23. The molecule has 0 aliphatic carbocycles. The molecule has 3 N–H and O–H groups in total. The van der Waals surface area contributed by atoms with Gasteiger partial charge in [0.2, 0.25) is 0 Å². The van der Waals surface area contributed by atoms with Crippen molar-refractivity contribution in [3.8, 4) is 0 Å². The Morgan fingerprint density at radius 1 is 1.10 bits per heavy atom. The van der Waals surface area contributed by atoms with Gasteiger partial charge in [-0.05, 0) is 30.3 Å². The van der Waals surface area contributed by atoms with E-state index in [9.17, 15) is 22.4 Å². The fourth-order valence-corrected chi connectivity index (χ4v) is 1.69. The second kappa shape index (κ2) is 5.43. The number of hydrogen-bond acceptors (Lipinski definition) is 2. The van der Waals surface area contributed by atoms with E-state index in [-0.39, 0.29) is 16.9 Å². The van der Waals surface area contributed by atoms with Gasteiger partial charge in [0.05, 0.1) is 16.8 Å². The lowest BCUT2D eigenvalue weighted by molar-refractivity contribution is -0.137. The molecule has 0 radical (unpaired) electrons. The molecule has 1 amide bonds. The normalized spacial score (nSPS) is 11.2. The van der Waals surface area contributed by atoms with Crippen LogP contribution in [0, 0.1) is 5.82 Å². The van der Waals surface area contributed by atoms with E-state index in [1.54, 1.807) is 12.1 Å². The molecule has 21 heavy (non-hydrogen) atoms. The van der Waals surface area contributed by atoms with Crippen molar-refractivity contribution in [2.24, 2.45) is 0 Å². The highest BCUT2D eigenvalue weighted by atomic mass is 19.4. The van der Waals surface area contributed by atoms with E-state index in [4.69, 9.17) is 5.73 Å². The molecule has 2 aromatic carbocycles. The number of nitrogen functional groups attached to an aromatic ring is 1. The fourth-order valence-electron chi connectivity index (χ4n) is 1.69. The molecule has 7 heteroatoms. The zero-order valence-electron chi connectivity index (χ0n) is 10.5. The summed E-state index contributed by atoms with van der Waals surface area (Å²) in [5, 5.41) is 2.18. The monoisotopic (exact) mass is 298 g/mol. The van der Waals surface area contributed by atoms with Crippen LogP contribution in [0.4, 0.5) is 28.9 Å². The van der Waals surface area contributed by atoms with Crippen molar-refractivity contribution >= 4 is 17.3 Å². The van der Waals surface area contributed by atoms with Crippen LogP contribution in [0.3, 0.4) is 0 Å². The van der Waals surface area contributed by atoms with Gasteiger partial charge in [0.25, 0.3) is 5.91 Å². The van der Waals surface area contributed by atoms with Gasteiger partial charge in [0.15, 0.2) is 0 Å². The zero-order chi connectivity index (χ0) is 15.6. The van der Waals surface area contributed by atoms with Crippen LogP contribution in [-0.4, -0.2) is 5.91 Å². The third kappa shape index (κ3) is 3.31. The number of carbonyl (C=O) groups is 1. The Morgan fingerprint density at radius 2 is 1.76 bits per heavy atom. The Kier molecular flexibility index (Phi) is 3.84. The van der Waals surface area contributed by atoms with Crippen molar-refractivity contribution < 1.29 is 22.4 Å². The van der Waals surface area contributed by atoms with Crippen LogP contribution in [0.25, 0.3) is 0 Å². The molecule has 0 fully saturated rings. The van der Waals surface area contributed by atoms with Gasteiger partial charge >= 0.3 is 6.18 Å². The number of para-hydroxylation sites is 1.